The van der Waals surface area contributed by atoms with Gasteiger partial charge in [0.2, 0.25) is 5.91 Å². The molecule has 0 spiro atoms. The number of nitrogens with zero attached hydrogens (tertiary/aromatic N) is 3. The molecule has 31 heavy (non-hydrogen) atoms. The van der Waals surface area contributed by atoms with Crippen LogP contribution >= 0.6 is 0 Å². The molecule has 6 nitrogen and oxygen atoms in total. The Balaban J connectivity index is 2.34. The number of carbonyl (C=O) groups excluding carboxylic acids is 1. The Hall–Kier alpha value is -1.30. The first kappa shape index (κ1) is 27.7. The Labute approximate surface area is 191 Å². The van der Waals surface area contributed by atoms with Crippen LogP contribution in [0.4, 0.5) is 4.79 Å². The number of unbranched alkanes of at least 4 members (excludes halogenated alkanes) is 12. The number of rotatable bonds is 18. The molecular weight excluding hydrogens is 390 g/mol. The first-order valence-corrected chi connectivity index (χ1v) is 13.1. The summed E-state index contributed by atoms with van der Waals surface area (Å²) in [5, 5.41) is 9.10. The van der Waals surface area contributed by atoms with E-state index < -0.39 is 6.09 Å². The highest BCUT2D eigenvalue weighted by molar-refractivity contribution is 5.78. The fourth-order valence-corrected chi connectivity index (χ4v) is 4.29. The number of carbonyl (C=O) groups is 2. The van der Waals surface area contributed by atoms with E-state index in [2.05, 4.69) is 18.7 Å². The molecule has 0 radical (unpaired) electrons. The molecule has 1 saturated heterocycles. The lowest BCUT2D eigenvalue weighted by molar-refractivity contribution is -0.134. The van der Waals surface area contributed by atoms with Crippen molar-refractivity contribution >= 4 is 12.0 Å². The molecule has 1 N–H and O–H groups in total. The maximum atomic E-state index is 12.8. The number of hydrogen-bond donors (Lipinski definition) is 1. The average molecular weight is 440 g/mol. The summed E-state index contributed by atoms with van der Waals surface area (Å²) in [6, 6.07) is 0. The zero-order chi connectivity index (χ0) is 22.7. The number of amides is 2. The first-order valence-electron chi connectivity index (χ1n) is 13.1. The average Bonchev–Trinajstić information content (AvgIpc) is 2.77. The number of piperazine rings is 1. The number of hydrogen-bond acceptors (Lipinski definition) is 3. The van der Waals surface area contributed by atoms with Crippen LogP contribution in [0.1, 0.15) is 104 Å². The zero-order valence-corrected chi connectivity index (χ0v) is 20.5. The van der Waals surface area contributed by atoms with Gasteiger partial charge in [0, 0.05) is 26.2 Å². The molecule has 0 aromatic rings. The highest BCUT2D eigenvalue weighted by atomic mass is 16.4. The van der Waals surface area contributed by atoms with Gasteiger partial charge < -0.3 is 14.9 Å². The van der Waals surface area contributed by atoms with Gasteiger partial charge in [-0.25, -0.2) is 4.79 Å². The molecule has 2 amide bonds. The van der Waals surface area contributed by atoms with Gasteiger partial charge in [0.05, 0.1) is 6.54 Å². The Morgan fingerprint density at radius 2 is 1.03 bits per heavy atom. The molecule has 0 aromatic carbocycles. The van der Waals surface area contributed by atoms with E-state index in [0.717, 1.165) is 13.1 Å². The normalized spacial score (nSPS) is 14.4. The molecule has 182 valence electrons. The second-order valence-corrected chi connectivity index (χ2v) is 9.17. The fraction of sp³-hybridized carbons (Fsp3) is 0.920. The number of carboxylic acid groups (broad SMARTS) is 1. The van der Waals surface area contributed by atoms with Crippen LogP contribution in [0.3, 0.4) is 0 Å². The van der Waals surface area contributed by atoms with Gasteiger partial charge in [-0.1, -0.05) is 90.9 Å². The minimum absolute atomic E-state index is 0.163. The topological polar surface area (TPSA) is 64.1 Å². The largest absolute Gasteiger partial charge is 0.465 e. The standard InChI is InChI=1S/C25H49N3O3/c1-3-5-7-9-11-13-15-17-26(18-16-14-12-10-8-6-4-2)23-24(29)27-19-21-28(22-20-27)25(30)31/h3-23H2,1-2H3,(H,30,31). The van der Waals surface area contributed by atoms with Gasteiger partial charge in [0.15, 0.2) is 0 Å². The van der Waals surface area contributed by atoms with Gasteiger partial charge in [-0.05, 0) is 25.9 Å². The highest BCUT2D eigenvalue weighted by Gasteiger charge is 2.24. The summed E-state index contributed by atoms with van der Waals surface area (Å²) < 4.78 is 0. The fourth-order valence-electron chi connectivity index (χ4n) is 4.29. The van der Waals surface area contributed by atoms with E-state index in [9.17, 15) is 9.59 Å². The summed E-state index contributed by atoms with van der Waals surface area (Å²) in [7, 11) is 0. The SMILES string of the molecule is CCCCCCCCCN(CCCCCCCCC)CC(=O)N1CCN(C(=O)O)CC1. The Morgan fingerprint density at radius 1 is 0.645 bits per heavy atom. The third kappa shape index (κ3) is 13.7. The van der Waals surface area contributed by atoms with Gasteiger partial charge in [0.25, 0.3) is 0 Å². The molecule has 0 aromatic heterocycles. The Morgan fingerprint density at radius 3 is 1.45 bits per heavy atom. The smallest absolute Gasteiger partial charge is 0.407 e. The van der Waals surface area contributed by atoms with Gasteiger partial charge in [0.1, 0.15) is 0 Å². The molecule has 1 aliphatic rings. The third-order valence-corrected chi connectivity index (χ3v) is 6.42. The van der Waals surface area contributed by atoms with Crippen LogP contribution in [-0.4, -0.2) is 77.6 Å². The first-order chi connectivity index (χ1) is 15.1. The summed E-state index contributed by atoms with van der Waals surface area (Å²) >= 11 is 0. The summed E-state index contributed by atoms with van der Waals surface area (Å²) in [5.74, 6) is 0.163. The van der Waals surface area contributed by atoms with Crippen LogP contribution in [0.15, 0.2) is 0 Å². The van der Waals surface area contributed by atoms with Crippen LogP contribution < -0.4 is 0 Å². The molecule has 1 fully saturated rings. The van der Waals surface area contributed by atoms with Crippen molar-refractivity contribution < 1.29 is 14.7 Å². The summed E-state index contributed by atoms with van der Waals surface area (Å²) in [6.45, 7) is 8.89. The maximum Gasteiger partial charge on any atom is 0.407 e. The van der Waals surface area contributed by atoms with Crippen molar-refractivity contribution in [2.75, 3.05) is 45.8 Å². The molecule has 0 saturated carbocycles. The molecule has 1 heterocycles. The van der Waals surface area contributed by atoms with Gasteiger partial charge in [-0.15, -0.1) is 0 Å². The molecule has 1 rings (SSSR count). The van der Waals surface area contributed by atoms with Crippen LogP contribution in [0.2, 0.25) is 0 Å². The van der Waals surface area contributed by atoms with E-state index in [1.54, 1.807) is 0 Å². The highest BCUT2D eigenvalue weighted by Crippen LogP contribution is 2.11. The second-order valence-electron chi connectivity index (χ2n) is 9.17. The molecule has 0 unspecified atom stereocenters. The van der Waals surface area contributed by atoms with Crippen LogP contribution in [0, 0.1) is 0 Å². The van der Waals surface area contributed by atoms with Crippen LogP contribution in [0.5, 0.6) is 0 Å². The van der Waals surface area contributed by atoms with Crippen molar-refractivity contribution in [2.45, 2.75) is 104 Å². The predicted molar refractivity (Wildman–Crippen MR) is 129 cm³/mol. The van der Waals surface area contributed by atoms with Crippen LogP contribution in [-0.2, 0) is 4.79 Å². The molecule has 0 atom stereocenters. The van der Waals surface area contributed by atoms with E-state index in [1.807, 2.05) is 4.90 Å². The molecule has 6 heteroatoms. The van der Waals surface area contributed by atoms with E-state index in [-0.39, 0.29) is 5.91 Å². The molecule has 1 aliphatic heterocycles. The summed E-state index contributed by atoms with van der Waals surface area (Å²) in [6.07, 6.45) is 17.2. The Kier molecular flexibility index (Phi) is 16.4. The van der Waals surface area contributed by atoms with Crippen molar-refractivity contribution in [3.05, 3.63) is 0 Å². The van der Waals surface area contributed by atoms with E-state index in [4.69, 9.17) is 5.11 Å². The van der Waals surface area contributed by atoms with Crippen molar-refractivity contribution in [2.24, 2.45) is 0 Å². The third-order valence-electron chi connectivity index (χ3n) is 6.42. The minimum atomic E-state index is -0.883. The van der Waals surface area contributed by atoms with E-state index in [0.29, 0.717) is 32.7 Å². The monoisotopic (exact) mass is 439 g/mol. The van der Waals surface area contributed by atoms with E-state index >= 15 is 0 Å². The van der Waals surface area contributed by atoms with Crippen molar-refractivity contribution in [3.8, 4) is 0 Å². The zero-order valence-electron chi connectivity index (χ0n) is 20.5. The Bertz CT molecular complexity index is 447. The van der Waals surface area contributed by atoms with Gasteiger partial charge in [-0.2, -0.15) is 0 Å². The van der Waals surface area contributed by atoms with Gasteiger partial charge >= 0.3 is 6.09 Å². The lowest BCUT2D eigenvalue weighted by atomic mass is 10.1. The predicted octanol–water partition coefficient (Wildman–Crippen LogP) is 5.61. The lowest BCUT2D eigenvalue weighted by Crippen LogP contribution is -2.52. The van der Waals surface area contributed by atoms with Crippen molar-refractivity contribution in [1.29, 1.82) is 0 Å². The van der Waals surface area contributed by atoms with Crippen molar-refractivity contribution in [1.82, 2.24) is 14.7 Å². The van der Waals surface area contributed by atoms with Gasteiger partial charge in [-0.3, -0.25) is 9.69 Å². The van der Waals surface area contributed by atoms with E-state index in [1.165, 1.54) is 94.8 Å². The minimum Gasteiger partial charge on any atom is -0.465 e. The molecular formula is C25H49N3O3. The van der Waals surface area contributed by atoms with Crippen molar-refractivity contribution in [3.63, 3.8) is 0 Å². The summed E-state index contributed by atoms with van der Waals surface area (Å²) in [5.41, 5.74) is 0. The van der Waals surface area contributed by atoms with Crippen LogP contribution in [0.25, 0.3) is 0 Å². The quantitative estimate of drug-likeness (QED) is 0.282. The lowest BCUT2D eigenvalue weighted by Gasteiger charge is -2.34. The summed E-state index contributed by atoms with van der Waals surface area (Å²) in [4.78, 5) is 29.5. The maximum absolute atomic E-state index is 12.8. The molecule has 0 bridgehead atoms. The second kappa shape index (κ2) is 18.3. The molecule has 0 aliphatic carbocycles.